The Morgan fingerprint density at radius 1 is 1.29 bits per heavy atom. The highest BCUT2D eigenvalue weighted by atomic mass is 79.9. The van der Waals surface area contributed by atoms with E-state index in [0.29, 0.717) is 5.92 Å². The first-order chi connectivity index (χ1) is 8.24. The lowest BCUT2D eigenvalue weighted by molar-refractivity contribution is 0.600. The highest BCUT2D eigenvalue weighted by Gasteiger charge is 2.23. The van der Waals surface area contributed by atoms with Gasteiger partial charge in [0.25, 0.3) is 0 Å². The van der Waals surface area contributed by atoms with Crippen molar-refractivity contribution < 1.29 is 0 Å². The molecule has 0 radical (unpaired) electrons. The molecule has 0 bridgehead atoms. The topological polar surface area (TPSA) is 12.0 Å². The van der Waals surface area contributed by atoms with Crippen LogP contribution in [-0.4, -0.2) is 6.54 Å². The number of halogens is 2. The van der Waals surface area contributed by atoms with Crippen molar-refractivity contribution in [1.29, 1.82) is 0 Å². The summed E-state index contributed by atoms with van der Waals surface area (Å²) >= 11 is 11.3. The quantitative estimate of drug-likeness (QED) is 0.818. The molecule has 1 aliphatic heterocycles. The van der Waals surface area contributed by atoms with E-state index in [9.17, 15) is 0 Å². The second-order valence-electron chi connectivity index (χ2n) is 4.16. The molecule has 1 aromatic carbocycles. The highest BCUT2D eigenvalue weighted by Crippen LogP contribution is 2.37. The molecule has 2 aromatic rings. The standard InChI is InChI=1S/C13H11BrClNS/c14-9-3-1-8(2-4-9)11-6-16-7-12-10(11)5-13(15)17-12/h1-5,11,16H,6-7H2/t11-/m0/s1. The number of hydrogen-bond donors (Lipinski definition) is 1. The smallest absolute Gasteiger partial charge is 0.0934 e. The number of rotatable bonds is 1. The average molecular weight is 329 g/mol. The predicted molar refractivity (Wildman–Crippen MR) is 77.0 cm³/mol. The molecule has 4 heteroatoms. The van der Waals surface area contributed by atoms with Crippen molar-refractivity contribution in [2.45, 2.75) is 12.5 Å². The summed E-state index contributed by atoms with van der Waals surface area (Å²) < 4.78 is 2.01. The second-order valence-corrected chi connectivity index (χ2v) is 6.85. The maximum atomic E-state index is 6.11. The van der Waals surface area contributed by atoms with Crippen molar-refractivity contribution in [3.8, 4) is 0 Å². The largest absolute Gasteiger partial charge is 0.311 e. The Labute approximate surface area is 118 Å². The van der Waals surface area contributed by atoms with Gasteiger partial charge < -0.3 is 5.32 Å². The number of hydrogen-bond acceptors (Lipinski definition) is 2. The van der Waals surface area contributed by atoms with Crippen LogP contribution in [0.25, 0.3) is 0 Å². The molecule has 1 aromatic heterocycles. The predicted octanol–water partition coefficient (Wildman–Crippen LogP) is 4.40. The van der Waals surface area contributed by atoms with Crippen LogP contribution in [-0.2, 0) is 6.54 Å². The molecule has 0 aliphatic carbocycles. The van der Waals surface area contributed by atoms with Crippen LogP contribution in [0.3, 0.4) is 0 Å². The van der Waals surface area contributed by atoms with Crippen LogP contribution >= 0.6 is 38.9 Å². The van der Waals surface area contributed by atoms with Crippen molar-refractivity contribution in [2.75, 3.05) is 6.54 Å². The third kappa shape index (κ3) is 2.29. The van der Waals surface area contributed by atoms with Gasteiger partial charge in [0.15, 0.2) is 0 Å². The lowest BCUT2D eigenvalue weighted by Crippen LogP contribution is -2.27. The molecule has 1 N–H and O–H groups in total. The summed E-state index contributed by atoms with van der Waals surface area (Å²) in [7, 11) is 0. The van der Waals surface area contributed by atoms with Crippen LogP contribution in [0.2, 0.25) is 4.34 Å². The highest BCUT2D eigenvalue weighted by molar-refractivity contribution is 9.10. The van der Waals surface area contributed by atoms with Crippen molar-refractivity contribution in [3.63, 3.8) is 0 Å². The number of fused-ring (bicyclic) bond motifs is 1. The Balaban J connectivity index is 2.02. The molecule has 0 saturated carbocycles. The van der Waals surface area contributed by atoms with Gasteiger partial charge in [0.2, 0.25) is 0 Å². The van der Waals surface area contributed by atoms with Gasteiger partial charge in [-0.05, 0) is 29.3 Å². The van der Waals surface area contributed by atoms with E-state index in [-0.39, 0.29) is 0 Å². The lowest BCUT2D eigenvalue weighted by atomic mass is 9.89. The van der Waals surface area contributed by atoms with E-state index in [1.54, 1.807) is 11.3 Å². The Morgan fingerprint density at radius 2 is 2.06 bits per heavy atom. The fourth-order valence-corrected chi connectivity index (χ4v) is 3.85. The van der Waals surface area contributed by atoms with Gasteiger partial charge in [0.1, 0.15) is 0 Å². The maximum Gasteiger partial charge on any atom is 0.0934 e. The molecule has 88 valence electrons. The fourth-order valence-electron chi connectivity index (χ4n) is 2.27. The van der Waals surface area contributed by atoms with Crippen LogP contribution < -0.4 is 5.32 Å². The molecule has 0 saturated heterocycles. The van der Waals surface area contributed by atoms with Gasteiger partial charge in [-0.15, -0.1) is 11.3 Å². The van der Waals surface area contributed by atoms with Gasteiger partial charge in [-0.3, -0.25) is 0 Å². The monoisotopic (exact) mass is 327 g/mol. The summed E-state index contributed by atoms with van der Waals surface area (Å²) in [6.07, 6.45) is 0. The summed E-state index contributed by atoms with van der Waals surface area (Å²) in [6.45, 7) is 1.93. The first-order valence-electron chi connectivity index (χ1n) is 5.48. The average Bonchev–Trinajstić information content (AvgIpc) is 2.70. The minimum atomic E-state index is 0.426. The molecule has 0 fully saturated rings. The Bertz CT molecular complexity index is 535. The molecule has 1 aliphatic rings. The van der Waals surface area contributed by atoms with Crippen LogP contribution in [0.5, 0.6) is 0 Å². The lowest BCUT2D eigenvalue weighted by Gasteiger charge is -2.23. The zero-order chi connectivity index (χ0) is 11.8. The Morgan fingerprint density at radius 3 is 2.82 bits per heavy atom. The minimum Gasteiger partial charge on any atom is -0.311 e. The van der Waals surface area contributed by atoms with E-state index in [0.717, 1.165) is 21.9 Å². The van der Waals surface area contributed by atoms with E-state index in [2.05, 4.69) is 51.6 Å². The number of benzene rings is 1. The van der Waals surface area contributed by atoms with Gasteiger partial charge >= 0.3 is 0 Å². The van der Waals surface area contributed by atoms with Crippen molar-refractivity contribution >= 4 is 38.9 Å². The first-order valence-corrected chi connectivity index (χ1v) is 7.47. The summed E-state index contributed by atoms with van der Waals surface area (Å²) in [5.41, 5.74) is 2.73. The molecule has 3 rings (SSSR count). The zero-order valence-electron chi connectivity index (χ0n) is 9.04. The summed E-state index contributed by atoms with van der Waals surface area (Å²) in [6, 6.07) is 10.7. The van der Waals surface area contributed by atoms with Gasteiger partial charge in [-0.25, -0.2) is 0 Å². The van der Waals surface area contributed by atoms with E-state index in [4.69, 9.17) is 11.6 Å². The second kappa shape index (κ2) is 4.73. The Kier molecular flexibility index (Phi) is 3.26. The molecule has 17 heavy (non-hydrogen) atoms. The molecular weight excluding hydrogens is 318 g/mol. The van der Waals surface area contributed by atoms with Gasteiger partial charge in [-0.1, -0.05) is 39.7 Å². The third-order valence-corrected chi connectivity index (χ3v) is 4.90. The van der Waals surface area contributed by atoms with Crippen LogP contribution in [0.1, 0.15) is 21.9 Å². The van der Waals surface area contributed by atoms with Gasteiger partial charge in [0, 0.05) is 28.4 Å². The van der Waals surface area contributed by atoms with Crippen LogP contribution in [0, 0.1) is 0 Å². The van der Waals surface area contributed by atoms with Crippen LogP contribution in [0.4, 0.5) is 0 Å². The molecule has 0 spiro atoms. The number of thiophene rings is 1. The zero-order valence-corrected chi connectivity index (χ0v) is 12.2. The molecule has 1 nitrogen and oxygen atoms in total. The van der Waals surface area contributed by atoms with E-state index >= 15 is 0 Å². The van der Waals surface area contributed by atoms with Gasteiger partial charge in [-0.2, -0.15) is 0 Å². The van der Waals surface area contributed by atoms with E-state index < -0.39 is 0 Å². The summed E-state index contributed by atoms with van der Waals surface area (Å²) in [4.78, 5) is 1.37. The summed E-state index contributed by atoms with van der Waals surface area (Å²) in [5.74, 6) is 0.426. The Hall–Kier alpha value is -0.350. The minimum absolute atomic E-state index is 0.426. The summed E-state index contributed by atoms with van der Waals surface area (Å²) in [5, 5.41) is 3.46. The van der Waals surface area contributed by atoms with Crippen LogP contribution in [0.15, 0.2) is 34.8 Å². The molecule has 1 atom stereocenters. The fraction of sp³-hybridized carbons (Fsp3) is 0.231. The molecule has 2 heterocycles. The first kappa shape index (κ1) is 11.7. The molecule has 0 unspecified atom stereocenters. The maximum absolute atomic E-state index is 6.11. The van der Waals surface area contributed by atoms with Gasteiger partial charge in [0.05, 0.1) is 4.34 Å². The third-order valence-electron chi connectivity index (χ3n) is 3.09. The van der Waals surface area contributed by atoms with Crippen molar-refractivity contribution in [1.82, 2.24) is 5.32 Å². The van der Waals surface area contributed by atoms with Crippen molar-refractivity contribution in [3.05, 3.63) is 55.1 Å². The molecular formula is C13H11BrClNS. The molecule has 0 amide bonds. The van der Waals surface area contributed by atoms with Crippen molar-refractivity contribution in [2.24, 2.45) is 0 Å². The normalized spacial score (nSPS) is 19.1. The SMILES string of the molecule is Clc1cc2c(s1)CNC[C@H]2c1ccc(Br)cc1. The van der Waals surface area contributed by atoms with E-state index in [1.165, 1.54) is 16.0 Å². The number of nitrogens with one attached hydrogen (secondary N) is 1. The van der Waals surface area contributed by atoms with E-state index in [1.807, 2.05) is 0 Å².